The zero-order valence-electron chi connectivity index (χ0n) is 12.2. The van der Waals surface area contributed by atoms with Gasteiger partial charge in [-0.1, -0.05) is 0 Å². The fourth-order valence-electron chi connectivity index (χ4n) is 1.58. The van der Waals surface area contributed by atoms with Crippen LogP contribution in [0.5, 0.6) is 0 Å². The van der Waals surface area contributed by atoms with Gasteiger partial charge in [-0.3, -0.25) is 0 Å². The number of anilines is 1. The van der Waals surface area contributed by atoms with Gasteiger partial charge in [0.2, 0.25) is 17.4 Å². The Bertz CT molecular complexity index is 712. The molecule has 116 valence electrons. The molecule has 0 amide bonds. The fraction of sp³-hybridized carbons (Fsp3) is 0.214. The van der Waals surface area contributed by atoms with E-state index < -0.39 is 11.9 Å². The number of nitrogens with zero attached hydrogens (tertiary/aromatic N) is 1. The maximum Gasteiger partial charge on any atom is 0.374 e. The lowest BCUT2D eigenvalue weighted by molar-refractivity contribution is 0.0558. The molecule has 8 heteroatoms. The van der Waals surface area contributed by atoms with Crippen molar-refractivity contribution in [2.24, 2.45) is 4.99 Å². The minimum Gasteiger partial charge on any atom is -0.463 e. The fourth-order valence-corrected chi connectivity index (χ4v) is 1.58. The predicted octanol–water partition coefficient (Wildman–Crippen LogP) is 2.61. The van der Waals surface area contributed by atoms with E-state index in [2.05, 4.69) is 19.8 Å². The second kappa shape index (κ2) is 6.61. The Kier molecular flexibility index (Phi) is 4.62. The number of carbonyl (C=O) groups excluding carboxylic acids is 2. The zero-order valence-corrected chi connectivity index (χ0v) is 12.2. The van der Waals surface area contributed by atoms with Crippen LogP contribution in [0.1, 0.15) is 28.0 Å². The van der Waals surface area contributed by atoms with Crippen molar-refractivity contribution in [1.82, 2.24) is 0 Å². The zero-order chi connectivity index (χ0) is 16.1. The van der Waals surface area contributed by atoms with Crippen LogP contribution in [-0.4, -0.2) is 32.0 Å². The summed E-state index contributed by atoms with van der Waals surface area (Å²) in [5.74, 6) is -0.0379. The van der Waals surface area contributed by atoms with Crippen molar-refractivity contribution in [3.8, 4) is 0 Å². The third-order valence-electron chi connectivity index (χ3n) is 2.55. The number of carbonyl (C=O) groups is 2. The number of hydrogen-bond donors (Lipinski definition) is 1. The van der Waals surface area contributed by atoms with Crippen LogP contribution in [0.15, 0.2) is 38.1 Å². The van der Waals surface area contributed by atoms with Crippen molar-refractivity contribution in [3.05, 3.63) is 35.8 Å². The lowest BCUT2D eigenvalue weighted by atomic mass is 10.4. The van der Waals surface area contributed by atoms with Crippen LogP contribution in [0, 0.1) is 0 Å². The normalized spacial score (nSPS) is 11.1. The molecule has 0 unspecified atom stereocenters. The van der Waals surface area contributed by atoms with Crippen molar-refractivity contribution >= 4 is 29.5 Å². The molecule has 8 nitrogen and oxygen atoms in total. The van der Waals surface area contributed by atoms with E-state index in [1.54, 1.807) is 13.0 Å². The van der Waals surface area contributed by atoms with Crippen LogP contribution >= 0.6 is 0 Å². The molecule has 22 heavy (non-hydrogen) atoms. The van der Waals surface area contributed by atoms with Gasteiger partial charge in [0, 0.05) is 12.1 Å². The second-order valence-electron chi connectivity index (χ2n) is 4.11. The van der Waals surface area contributed by atoms with Crippen LogP contribution in [0.25, 0.3) is 0 Å². The number of methoxy groups -OCH3 is 2. The Morgan fingerprint density at radius 1 is 1.00 bits per heavy atom. The summed E-state index contributed by atoms with van der Waals surface area (Å²) in [6.07, 6.45) is 0. The van der Waals surface area contributed by atoms with Gasteiger partial charge >= 0.3 is 11.9 Å². The Hall–Kier alpha value is -3.03. The standard InChI is InChI=1S/C14H14N2O6/c1-8(15-11-6-4-9(21-11)13(17)19-2)16-12-7-5-10(22-12)14(18)20-3/h4-7H,1-3H3,(H,15,16). The molecule has 0 spiro atoms. The minimum atomic E-state index is -0.583. The maximum absolute atomic E-state index is 11.3. The lowest BCUT2D eigenvalue weighted by Gasteiger charge is -2.00. The van der Waals surface area contributed by atoms with Crippen LogP contribution in [0.2, 0.25) is 0 Å². The average molecular weight is 306 g/mol. The number of hydrogen-bond acceptors (Lipinski definition) is 7. The molecule has 1 N–H and O–H groups in total. The third kappa shape index (κ3) is 3.54. The molecule has 0 saturated carbocycles. The molecule has 2 aromatic heterocycles. The molecule has 2 heterocycles. The summed E-state index contributed by atoms with van der Waals surface area (Å²) in [4.78, 5) is 26.6. The number of aliphatic imine (C=N–C) groups is 1. The molecule has 2 aromatic rings. The Balaban J connectivity index is 2.06. The molecule has 0 aliphatic rings. The summed E-state index contributed by atoms with van der Waals surface area (Å²) in [5.41, 5.74) is 0. The summed E-state index contributed by atoms with van der Waals surface area (Å²) in [6, 6.07) is 6.02. The summed E-state index contributed by atoms with van der Waals surface area (Å²) >= 11 is 0. The van der Waals surface area contributed by atoms with Crippen LogP contribution in [0.3, 0.4) is 0 Å². The number of rotatable bonds is 4. The highest BCUT2D eigenvalue weighted by Crippen LogP contribution is 2.19. The predicted molar refractivity (Wildman–Crippen MR) is 76.5 cm³/mol. The first-order valence-corrected chi connectivity index (χ1v) is 6.22. The van der Waals surface area contributed by atoms with Gasteiger partial charge in [-0.15, -0.1) is 0 Å². The molecule has 0 aliphatic heterocycles. The monoisotopic (exact) mass is 306 g/mol. The van der Waals surface area contributed by atoms with Crippen LogP contribution in [0.4, 0.5) is 11.8 Å². The smallest absolute Gasteiger partial charge is 0.374 e. The number of furan rings is 2. The highest BCUT2D eigenvalue weighted by atomic mass is 16.5. The van der Waals surface area contributed by atoms with E-state index in [1.165, 1.54) is 32.4 Å². The molecular weight excluding hydrogens is 292 g/mol. The quantitative estimate of drug-likeness (QED) is 0.526. The van der Waals surface area contributed by atoms with Gasteiger partial charge < -0.3 is 23.6 Å². The van der Waals surface area contributed by atoms with Crippen molar-refractivity contribution < 1.29 is 27.9 Å². The topological polar surface area (TPSA) is 103 Å². The first kappa shape index (κ1) is 15.4. The second-order valence-corrected chi connectivity index (χ2v) is 4.11. The maximum atomic E-state index is 11.3. The Labute approximate surface area is 125 Å². The van der Waals surface area contributed by atoms with Gasteiger partial charge in [0.15, 0.2) is 5.88 Å². The molecular formula is C14H14N2O6. The Morgan fingerprint density at radius 3 is 2.23 bits per heavy atom. The van der Waals surface area contributed by atoms with Gasteiger partial charge in [0.1, 0.15) is 5.84 Å². The molecule has 0 fully saturated rings. The van der Waals surface area contributed by atoms with E-state index in [1.807, 2.05) is 0 Å². The largest absolute Gasteiger partial charge is 0.463 e. The SMILES string of the molecule is COC(=O)c1ccc(/N=C(\C)Nc2ccc(C(=O)OC)o2)o1. The minimum absolute atomic E-state index is 0.0556. The van der Waals surface area contributed by atoms with E-state index in [0.29, 0.717) is 11.7 Å². The molecule has 0 aromatic carbocycles. The van der Waals surface area contributed by atoms with Crippen molar-refractivity contribution in [2.75, 3.05) is 19.5 Å². The third-order valence-corrected chi connectivity index (χ3v) is 2.55. The van der Waals surface area contributed by atoms with Crippen molar-refractivity contribution in [2.45, 2.75) is 6.92 Å². The van der Waals surface area contributed by atoms with Crippen molar-refractivity contribution in [3.63, 3.8) is 0 Å². The molecule has 0 bridgehead atoms. The van der Waals surface area contributed by atoms with Gasteiger partial charge in [-0.05, 0) is 19.1 Å². The number of nitrogens with one attached hydrogen (secondary N) is 1. The van der Waals surface area contributed by atoms with Gasteiger partial charge in [0.05, 0.1) is 14.2 Å². The molecule has 0 aliphatic carbocycles. The molecule has 2 rings (SSSR count). The van der Waals surface area contributed by atoms with Crippen LogP contribution in [-0.2, 0) is 9.47 Å². The van der Waals surface area contributed by atoms with E-state index in [4.69, 9.17) is 8.83 Å². The number of esters is 2. The molecule has 0 radical (unpaired) electrons. The lowest BCUT2D eigenvalue weighted by Crippen LogP contribution is -2.05. The van der Waals surface area contributed by atoms with Gasteiger partial charge in [0.25, 0.3) is 0 Å². The number of ether oxygens (including phenoxy) is 2. The summed E-state index contributed by atoms with van der Waals surface area (Å²) < 4.78 is 19.5. The summed E-state index contributed by atoms with van der Waals surface area (Å²) in [7, 11) is 2.52. The summed E-state index contributed by atoms with van der Waals surface area (Å²) in [5, 5.41) is 2.84. The van der Waals surface area contributed by atoms with E-state index >= 15 is 0 Å². The Morgan fingerprint density at radius 2 is 1.59 bits per heavy atom. The molecule has 0 saturated heterocycles. The highest BCUT2D eigenvalue weighted by molar-refractivity contribution is 5.95. The first-order chi connectivity index (χ1) is 10.5. The highest BCUT2D eigenvalue weighted by Gasteiger charge is 2.12. The van der Waals surface area contributed by atoms with Gasteiger partial charge in [-0.2, -0.15) is 0 Å². The van der Waals surface area contributed by atoms with E-state index in [-0.39, 0.29) is 17.4 Å². The molecule has 0 atom stereocenters. The van der Waals surface area contributed by atoms with Crippen molar-refractivity contribution in [1.29, 1.82) is 0 Å². The van der Waals surface area contributed by atoms with Gasteiger partial charge in [-0.25, -0.2) is 14.6 Å². The average Bonchev–Trinajstić information content (AvgIpc) is 3.15. The van der Waals surface area contributed by atoms with Crippen LogP contribution < -0.4 is 5.32 Å². The van der Waals surface area contributed by atoms with E-state index in [0.717, 1.165) is 0 Å². The number of amidine groups is 1. The first-order valence-electron chi connectivity index (χ1n) is 6.22. The summed E-state index contributed by atoms with van der Waals surface area (Å²) in [6.45, 7) is 1.67. The van der Waals surface area contributed by atoms with E-state index in [9.17, 15) is 9.59 Å².